The van der Waals surface area contributed by atoms with Crippen LogP contribution in [-0.4, -0.2) is 28.5 Å². The van der Waals surface area contributed by atoms with Crippen molar-refractivity contribution in [2.45, 2.75) is 78.2 Å². The molecule has 1 aromatic heterocycles. The second-order valence-electron chi connectivity index (χ2n) is 6.55. The van der Waals surface area contributed by atoms with E-state index in [0.717, 1.165) is 31.5 Å². The summed E-state index contributed by atoms with van der Waals surface area (Å²) in [4.78, 5) is 0. The van der Waals surface area contributed by atoms with Gasteiger partial charge in [-0.1, -0.05) is 6.92 Å². The molecule has 1 aliphatic heterocycles. The molecule has 0 aliphatic carbocycles. The van der Waals surface area contributed by atoms with Crippen LogP contribution in [0.4, 0.5) is 0 Å². The van der Waals surface area contributed by atoms with Crippen LogP contribution < -0.4 is 5.32 Å². The van der Waals surface area contributed by atoms with Crippen LogP contribution >= 0.6 is 0 Å². The van der Waals surface area contributed by atoms with Crippen LogP contribution in [0.2, 0.25) is 0 Å². The number of aromatic nitrogens is 2. The molecule has 20 heavy (non-hydrogen) atoms. The maximum atomic E-state index is 6.09. The third-order valence-electron chi connectivity index (χ3n) is 4.47. The molecule has 2 rings (SSSR count). The fourth-order valence-corrected chi connectivity index (χ4v) is 3.34. The van der Waals surface area contributed by atoms with Gasteiger partial charge in [0.05, 0.1) is 23.9 Å². The van der Waals surface area contributed by atoms with Gasteiger partial charge in [-0.2, -0.15) is 5.10 Å². The number of hydrogen-bond acceptors (Lipinski definition) is 3. The Balaban J connectivity index is 2.16. The van der Waals surface area contributed by atoms with E-state index in [-0.39, 0.29) is 5.60 Å². The van der Waals surface area contributed by atoms with Crippen LogP contribution in [-0.2, 0) is 11.3 Å². The van der Waals surface area contributed by atoms with Crippen molar-refractivity contribution < 1.29 is 4.74 Å². The molecule has 0 saturated carbocycles. The highest BCUT2D eigenvalue weighted by Crippen LogP contribution is 2.31. The Morgan fingerprint density at radius 1 is 1.45 bits per heavy atom. The standard InChI is InChI=1S/C16H29N3O/c1-7-14(17-6)15-11(2)18-19(12(15)3)10-13-8-9-16(4,5)20-13/h13-14,17H,7-10H2,1-6H3. The average Bonchev–Trinajstić information content (AvgIpc) is 2.85. The highest BCUT2D eigenvalue weighted by Gasteiger charge is 2.32. The fraction of sp³-hybridized carbons (Fsp3) is 0.812. The summed E-state index contributed by atoms with van der Waals surface area (Å²) in [7, 11) is 2.02. The summed E-state index contributed by atoms with van der Waals surface area (Å²) in [6, 6.07) is 0.393. The van der Waals surface area contributed by atoms with E-state index >= 15 is 0 Å². The topological polar surface area (TPSA) is 39.1 Å². The SMILES string of the molecule is CCC(NC)c1c(C)nn(CC2CCC(C)(C)O2)c1C. The maximum Gasteiger partial charge on any atom is 0.0779 e. The predicted octanol–water partition coefficient (Wildman–Crippen LogP) is 3.13. The predicted molar refractivity (Wildman–Crippen MR) is 82.0 cm³/mol. The molecule has 0 spiro atoms. The van der Waals surface area contributed by atoms with Gasteiger partial charge in [-0.3, -0.25) is 4.68 Å². The van der Waals surface area contributed by atoms with Crippen molar-refractivity contribution in [1.82, 2.24) is 15.1 Å². The monoisotopic (exact) mass is 279 g/mol. The van der Waals surface area contributed by atoms with Gasteiger partial charge in [0.15, 0.2) is 0 Å². The van der Waals surface area contributed by atoms with Crippen molar-refractivity contribution in [3.05, 3.63) is 17.0 Å². The number of rotatable bonds is 5. The second-order valence-corrected chi connectivity index (χ2v) is 6.55. The van der Waals surface area contributed by atoms with Crippen molar-refractivity contribution in [3.8, 4) is 0 Å². The Morgan fingerprint density at radius 2 is 2.15 bits per heavy atom. The van der Waals surface area contributed by atoms with Crippen LogP contribution in [0.3, 0.4) is 0 Å². The Labute approximate surface area is 122 Å². The lowest BCUT2D eigenvalue weighted by Crippen LogP contribution is -2.24. The first-order chi connectivity index (χ1) is 9.38. The molecular weight excluding hydrogens is 250 g/mol. The zero-order valence-corrected chi connectivity index (χ0v) is 13.8. The molecule has 2 atom stereocenters. The molecule has 1 N–H and O–H groups in total. The minimum atomic E-state index is 0.0283. The molecular formula is C16H29N3O. The molecule has 0 bridgehead atoms. The van der Waals surface area contributed by atoms with Crippen molar-refractivity contribution in [3.63, 3.8) is 0 Å². The van der Waals surface area contributed by atoms with Gasteiger partial charge in [-0.05, 0) is 54.0 Å². The fourth-order valence-electron chi connectivity index (χ4n) is 3.34. The van der Waals surface area contributed by atoms with Crippen LogP contribution in [0.5, 0.6) is 0 Å². The highest BCUT2D eigenvalue weighted by atomic mass is 16.5. The molecule has 0 amide bonds. The van der Waals surface area contributed by atoms with E-state index < -0.39 is 0 Å². The Bertz CT molecular complexity index is 461. The zero-order valence-electron chi connectivity index (χ0n) is 13.8. The third kappa shape index (κ3) is 3.07. The molecule has 1 fully saturated rings. The molecule has 1 saturated heterocycles. The van der Waals surface area contributed by atoms with Gasteiger partial charge < -0.3 is 10.1 Å². The molecule has 2 heterocycles. The first kappa shape index (κ1) is 15.5. The molecule has 0 radical (unpaired) electrons. The van der Waals surface area contributed by atoms with Crippen molar-refractivity contribution >= 4 is 0 Å². The second kappa shape index (κ2) is 5.86. The summed E-state index contributed by atoms with van der Waals surface area (Å²) in [6.07, 6.45) is 3.64. The van der Waals surface area contributed by atoms with Crippen LogP contribution in [0.25, 0.3) is 0 Å². The van der Waals surface area contributed by atoms with E-state index in [4.69, 9.17) is 9.84 Å². The van der Waals surface area contributed by atoms with E-state index in [9.17, 15) is 0 Å². The average molecular weight is 279 g/mol. The normalized spacial score (nSPS) is 23.2. The lowest BCUT2D eigenvalue weighted by molar-refractivity contribution is -0.0232. The van der Waals surface area contributed by atoms with Crippen molar-refractivity contribution in [1.29, 1.82) is 0 Å². The van der Waals surface area contributed by atoms with Crippen LogP contribution in [0, 0.1) is 13.8 Å². The number of ether oxygens (including phenoxy) is 1. The first-order valence-electron chi connectivity index (χ1n) is 7.77. The lowest BCUT2D eigenvalue weighted by Gasteiger charge is -2.20. The smallest absolute Gasteiger partial charge is 0.0779 e. The van der Waals surface area contributed by atoms with Crippen molar-refractivity contribution in [2.75, 3.05) is 7.05 Å². The summed E-state index contributed by atoms with van der Waals surface area (Å²) in [5.41, 5.74) is 3.80. The number of aryl methyl sites for hydroxylation is 1. The number of hydrogen-bond donors (Lipinski definition) is 1. The lowest BCUT2D eigenvalue weighted by atomic mass is 10.0. The van der Waals surface area contributed by atoms with Gasteiger partial charge in [0.2, 0.25) is 0 Å². The molecule has 1 aromatic rings. The summed E-state index contributed by atoms with van der Waals surface area (Å²) >= 11 is 0. The quantitative estimate of drug-likeness (QED) is 0.900. The summed E-state index contributed by atoms with van der Waals surface area (Å²) in [6.45, 7) is 11.7. The highest BCUT2D eigenvalue weighted by molar-refractivity contribution is 5.28. The number of nitrogens with one attached hydrogen (secondary N) is 1. The van der Waals surface area contributed by atoms with Crippen LogP contribution in [0.1, 0.15) is 63.0 Å². The van der Waals surface area contributed by atoms with E-state index in [1.165, 1.54) is 11.3 Å². The Hall–Kier alpha value is -0.870. The molecule has 2 unspecified atom stereocenters. The van der Waals surface area contributed by atoms with E-state index in [1.807, 2.05) is 7.05 Å². The summed E-state index contributed by atoms with van der Waals surface area (Å²) in [5.74, 6) is 0. The summed E-state index contributed by atoms with van der Waals surface area (Å²) in [5, 5.41) is 8.12. The van der Waals surface area contributed by atoms with Gasteiger partial charge in [0, 0.05) is 17.3 Å². The maximum absolute atomic E-state index is 6.09. The molecule has 4 heteroatoms. The minimum absolute atomic E-state index is 0.0283. The molecule has 114 valence electrons. The number of nitrogens with zero attached hydrogens (tertiary/aromatic N) is 2. The van der Waals surface area contributed by atoms with E-state index in [0.29, 0.717) is 12.1 Å². The summed E-state index contributed by atoms with van der Waals surface area (Å²) < 4.78 is 8.23. The van der Waals surface area contributed by atoms with Gasteiger partial charge >= 0.3 is 0 Å². The van der Waals surface area contributed by atoms with E-state index in [1.54, 1.807) is 0 Å². The largest absolute Gasteiger partial charge is 0.370 e. The third-order valence-corrected chi connectivity index (χ3v) is 4.47. The molecule has 4 nitrogen and oxygen atoms in total. The zero-order chi connectivity index (χ0) is 14.9. The van der Waals surface area contributed by atoms with E-state index in [2.05, 4.69) is 44.6 Å². The first-order valence-corrected chi connectivity index (χ1v) is 7.77. The van der Waals surface area contributed by atoms with Crippen LogP contribution in [0.15, 0.2) is 0 Å². The minimum Gasteiger partial charge on any atom is -0.370 e. The van der Waals surface area contributed by atoms with Gasteiger partial charge in [0.25, 0.3) is 0 Å². The van der Waals surface area contributed by atoms with Gasteiger partial charge in [0.1, 0.15) is 0 Å². The van der Waals surface area contributed by atoms with Gasteiger partial charge in [-0.15, -0.1) is 0 Å². The Kier molecular flexibility index (Phi) is 4.55. The molecule has 1 aliphatic rings. The Morgan fingerprint density at radius 3 is 2.65 bits per heavy atom. The molecule has 0 aromatic carbocycles. The van der Waals surface area contributed by atoms with Gasteiger partial charge in [-0.25, -0.2) is 0 Å². The van der Waals surface area contributed by atoms with Crippen molar-refractivity contribution in [2.24, 2.45) is 0 Å².